The van der Waals surface area contributed by atoms with Gasteiger partial charge in [-0.15, -0.1) is 10.2 Å². The van der Waals surface area contributed by atoms with Crippen LogP contribution in [0.2, 0.25) is 0 Å². The lowest BCUT2D eigenvalue weighted by atomic mass is 9.96. The smallest absolute Gasteiger partial charge is 0.177 e. The zero-order valence-corrected chi connectivity index (χ0v) is 14.4. The molecular weight excluding hydrogens is 328 g/mol. The van der Waals surface area contributed by atoms with Crippen LogP contribution in [0.4, 0.5) is 5.82 Å². The quantitative estimate of drug-likeness (QED) is 0.550. The normalized spacial score (nSPS) is 15.8. The van der Waals surface area contributed by atoms with Gasteiger partial charge in [-0.1, -0.05) is 0 Å². The average molecular weight is 346 g/mol. The van der Waals surface area contributed by atoms with Gasteiger partial charge in [-0.05, 0) is 44.0 Å². The molecule has 0 aromatic carbocycles. The van der Waals surface area contributed by atoms with Gasteiger partial charge in [-0.25, -0.2) is 15.0 Å². The highest BCUT2D eigenvalue weighted by molar-refractivity contribution is 5.86. The number of piperidine rings is 1. The van der Waals surface area contributed by atoms with E-state index >= 15 is 0 Å². The van der Waals surface area contributed by atoms with E-state index in [2.05, 4.69) is 35.1 Å². The molecule has 1 fully saturated rings. The molecule has 1 saturated heterocycles. The Morgan fingerprint density at radius 3 is 2.77 bits per heavy atom. The molecule has 0 amide bonds. The molecule has 4 aromatic heterocycles. The van der Waals surface area contributed by atoms with Crippen molar-refractivity contribution < 1.29 is 0 Å². The Morgan fingerprint density at radius 2 is 1.88 bits per heavy atom. The predicted octanol–water partition coefficient (Wildman–Crippen LogP) is 2.15. The monoisotopic (exact) mass is 346 g/mol. The largest absolute Gasteiger partial charge is 0.356 e. The first-order valence-electron chi connectivity index (χ1n) is 8.79. The number of aryl methyl sites for hydroxylation is 1. The maximum atomic E-state index is 4.58. The number of pyridine rings is 1. The van der Waals surface area contributed by atoms with Crippen LogP contribution in [0.25, 0.3) is 16.7 Å². The van der Waals surface area contributed by atoms with Crippen LogP contribution in [-0.2, 0) is 0 Å². The van der Waals surface area contributed by atoms with Gasteiger partial charge in [0.15, 0.2) is 17.1 Å². The molecule has 0 atom stereocenters. The van der Waals surface area contributed by atoms with Crippen molar-refractivity contribution in [2.45, 2.75) is 25.7 Å². The molecule has 8 heteroatoms. The Hall–Kier alpha value is -3.16. The van der Waals surface area contributed by atoms with Gasteiger partial charge in [0, 0.05) is 25.2 Å². The molecule has 0 N–H and O–H groups in total. The van der Waals surface area contributed by atoms with Crippen LogP contribution >= 0.6 is 0 Å². The molecule has 0 radical (unpaired) electrons. The summed E-state index contributed by atoms with van der Waals surface area (Å²) in [5.41, 5.74) is 2.51. The zero-order valence-electron chi connectivity index (χ0n) is 14.4. The Morgan fingerprint density at radius 1 is 1.00 bits per heavy atom. The van der Waals surface area contributed by atoms with Crippen LogP contribution in [0, 0.1) is 6.92 Å². The van der Waals surface area contributed by atoms with E-state index in [4.69, 9.17) is 0 Å². The summed E-state index contributed by atoms with van der Waals surface area (Å²) in [6.07, 6.45) is 5.33. The van der Waals surface area contributed by atoms with E-state index < -0.39 is 0 Å². The van der Waals surface area contributed by atoms with Crippen molar-refractivity contribution in [3.05, 3.63) is 48.3 Å². The molecular formula is C18H18N8. The van der Waals surface area contributed by atoms with Crippen LogP contribution < -0.4 is 4.90 Å². The number of hydrogen-bond donors (Lipinski definition) is 0. The molecule has 0 bridgehead atoms. The van der Waals surface area contributed by atoms with Crippen molar-refractivity contribution >= 4 is 22.5 Å². The van der Waals surface area contributed by atoms with Crippen LogP contribution in [0.1, 0.15) is 30.3 Å². The van der Waals surface area contributed by atoms with Gasteiger partial charge in [-0.3, -0.25) is 0 Å². The summed E-state index contributed by atoms with van der Waals surface area (Å²) in [5, 5.41) is 14.2. The maximum Gasteiger partial charge on any atom is 0.177 e. The van der Waals surface area contributed by atoms with Crippen LogP contribution in [-0.4, -0.2) is 47.9 Å². The zero-order chi connectivity index (χ0) is 17.5. The second-order valence-electron chi connectivity index (χ2n) is 6.64. The SMILES string of the molecule is Cc1ccc2nnc(C3CCN(c4ncnc5ncccc45)CC3)n2n1. The van der Waals surface area contributed by atoms with E-state index in [9.17, 15) is 0 Å². The van der Waals surface area contributed by atoms with E-state index in [0.29, 0.717) is 5.92 Å². The molecule has 26 heavy (non-hydrogen) atoms. The van der Waals surface area contributed by atoms with Gasteiger partial charge in [0.05, 0.1) is 11.1 Å². The Kier molecular flexibility index (Phi) is 3.48. The van der Waals surface area contributed by atoms with Crippen LogP contribution in [0.5, 0.6) is 0 Å². The second kappa shape index (κ2) is 5.98. The van der Waals surface area contributed by atoms with Gasteiger partial charge in [0.25, 0.3) is 0 Å². The molecule has 0 unspecified atom stereocenters. The van der Waals surface area contributed by atoms with Gasteiger partial charge < -0.3 is 4.90 Å². The van der Waals surface area contributed by atoms with E-state index in [1.807, 2.05) is 35.7 Å². The summed E-state index contributed by atoms with van der Waals surface area (Å²) < 4.78 is 1.89. The summed E-state index contributed by atoms with van der Waals surface area (Å²) in [6, 6.07) is 7.89. The third-order valence-electron chi connectivity index (χ3n) is 4.97. The minimum Gasteiger partial charge on any atom is -0.356 e. The predicted molar refractivity (Wildman–Crippen MR) is 97.0 cm³/mol. The van der Waals surface area contributed by atoms with Crippen molar-refractivity contribution in [1.82, 2.24) is 34.8 Å². The maximum absolute atomic E-state index is 4.58. The summed E-state index contributed by atoms with van der Waals surface area (Å²) in [7, 11) is 0. The number of anilines is 1. The molecule has 5 rings (SSSR count). The minimum absolute atomic E-state index is 0.349. The van der Waals surface area contributed by atoms with Crippen molar-refractivity contribution in [3.63, 3.8) is 0 Å². The van der Waals surface area contributed by atoms with Gasteiger partial charge in [0.2, 0.25) is 0 Å². The Labute approximate surface area is 149 Å². The van der Waals surface area contributed by atoms with E-state index in [-0.39, 0.29) is 0 Å². The van der Waals surface area contributed by atoms with Crippen molar-refractivity contribution in [2.24, 2.45) is 0 Å². The Balaban J connectivity index is 1.41. The van der Waals surface area contributed by atoms with Gasteiger partial charge in [-0.2, -0.15) is 9.61 Å². The second-order valence-corrected chi connectivity index (χ2v) is 6.64. The minimum atomic E-state index is 0.349. The van der Waals surface area contributed by atoms with Crippen LogP contribution in [0.3, 0.4) is 0 Å². The molecule has 0 spiro atoms. The summed E-state index contributed by atoms with van der Waals surface area (Å²) in [5.74, 6) is 2.26. The number of fused-ring (bicyclic) bond motifs is 2. The van der Waals surface area contributed by atoms with Crippen molar-refractivity contribution in [3.8, 4) is 0 Å². The molecule has 1 aliphatic rings. The van der Waals surface area contributed by atoms with E-state index in [1.54, 1.807) is 12.5 Å². The van der Waals surface area contributed by atoms with Gasteiger partial charge in [0.1, 0.15) is 12.1 Å². The fourth-order valence-corrected chi connectivity index (χ4v) is 3.64. The lowest BCUT2D eigenvalue weighted by Gasteiger charge is -2.32. The first-order chi connectivity index (χ1) is 12.8. The average Bonchev–Trinajstić information content (AvgIpc) is 3.11. The van der Waals surface area contributed by atoms with E-state index in [0.717, 1.165) is 59.9 Å². The van der Waals surface area contributed by atoms with E-state index in [1.165, 1.54) is 0 Å². The highest BCUT2D eigenvalue weighted by Gasteiger charge is 2.26. The number of nitrogens with zero attached hydrogens (tertiary/aromatic N) is 8. The summed E-state index contributed by atoms with van der Waals surface area (Å²) in [4.78, 5) is 15.4. The number of hydrogen-bond acceptors (Lipinski definition) is 7. The third-order valence-corrected chi connectivity index (χ3v) is 4.97. The Bertz CT molecular complexity index is 1080. The topological polar surface area (TPSA) is 85.0 Å². The third kappa shape index (κ3) is 2.45. The lowest BCUT2D eigenvalue weighted by Crippen LogP contribution is -2.34. The molecule has 4 aromatic rings. The lowest BCUT2D eigenvalue weighted by molar-refractivity contribution is 0.475. The standard InChI is InChI=1S/C18H18N8/c1-12-4-5-15-22-23-17(26(15)24-12)13-6-9-25(10-7-13)18-14-3-2-8-19-16(14)20-11-21-18/h2-5,8,11,13H,6-7,9-10H2,1H3. The first kappa shape index (κ1) is 15.1. The summed E-state index contributed by atoms with van der Waals surface area (Å²) in [6.45, 7) is 3.80. The van der Waals surface area contributed by atoms with Crippen molar-refractivity contribution in [1.29, 1.82) is 0 Å². The molecule has 5 heterocycles. The highest BCUT2D eigenvalue weighted by Crippen LogP contribution is 2.31. The number of aromatic nitrogens is 7. The molecule has 8 nitrogen and oxygen atoms in total. The fraction of sp³-hybridized carbons (Fsp3) is 0.333. The highest BCUT2D eigenvalue weighted by atomic mass is 15.4. The summed E-state index contributed by atoms with van der Waals surface area (Å²) >= 11 is 0. The molecule has 0 saturated carbocycles. The van der Waals surface area contributed by atoms with Crippen molar-refractivity contribution in [2.75, 3.05) is 18.0 Å². The molecule has 130 valence electrons. The van der Waals surface area contributed by atoms with Gasteiger partial charge >= 0.3 is 0 Å². The molecule has 1 aliphatic heterocycles. The fourth-order valence-electron chi connectivity index (χ4n) is 3.64. The van der Waals surface area contributed by atoms with Crippen LogP contribution in [0.15, 0.2) is 36.8 Å². The first-order valence-corrected chi connectivity index (χ1v) is 8.79. The molecule has 0 aliphatic carbocycles. The number of rotatable bonds is 2.